The molecule has 0 radical (unpaired) electrons. The van der Waals surface area contributed by atoms with Crippen molar-refractivity contribution < 1.29 is 14.6 Å². The van der Waals surface area contributed by atoms with E-state index in [0.29, 0.717) is 19.6 Å². The van der Waals surface area contributed by atoms with Crippen LogP contribution >= 0.6 is 11.3 Å². The number of carbonyl (C=O) groups excluding carboxylic acids is 1. The van der Waals surface area contributed by atoms with E-state index in [-0.39, 0.29) is 24.5 Å². The standard InChI is InChI=1S/C16H21NO3S/c1-2-14-13(6-9-20-14)16(19)17-11-15-12(7-10-21-15)5-3-4-8-18/h7,10,13-14,18H,2,4,6,8-9,11H2,1H3,(H,17,19). The number of hydrogen-bond donors (Lipinski definition) is 2. The lowest BCUT2D eigenvalue weighted by Gasteiger charge is -2.16. The minimum absolute atomic E-state index is 0.0288. The predicted molar refractivity (Wildman–Crippen MR) is 82.9 cm³/mol. The molecule has 0 aromatic carbocycles. The summed E-state index contributed by atoms with van der Waals surface area (Å²) in [5.41, 5.74) is 0.934. The van der Waals surface area contributed by atoms with Crippen LogP contribution in [0.25, 0.3) is 0 Å². The van der Waals surface area contributed by atoms with Crippen molar-refractivity contribution in [3.63, 3.8) is 0 Å². The minimum atomic E-state index is -0.0288. The van der Waals surface area contributed by atoms with E-state index in [1.54, 1.807) is 11.3 Å². The summed E-state index contributed by atoms with van der Waals surface area (Å²) in [6.45, 7) is 3.30. The zero-order chi connectivity index (χ0) is 15.1. The molecule has 4 nitrogen and oxygen atoms in total. The van der Waals surface area contributed by atoms with Gasteiger partial charge in [-0.3, -0.25) is 4.79 Å². The normalized spacial score (nSPS) is 20.9. The lowest BCUT2D eigenvalue weighted by molar-refractivity contribution is -0.126. The van der Waals surface area contributed by atoms with Gasteiger partial charge in [-0.1, -0.05) is 18.8 Å². The Morgan fingerprint density at radius 3 is 3.24 bits per heavy atom. The number of hydrogen-bond acceptors (Lipinski definition) is 4. The second kappa shape index (κ2) is 8.18. The predicted octanol–water partition coefficient (Wildman–Crippen LogP) is 1.91. The third kappa shape index (κ3) is 4.31. The number of rotatable bonds is 5. The summed E-state index contributed by atoms with van der Waals surface area (Å²) in [7, 11) is 0. The van der Waals surface area contributed by atoms with Crippen molar-refractivity contribution in [3.8, 4) is 11.8 Å². The topological polar surface area (TPSA) is 58.6 Å². The van der Waals surface area contributed by atoms with Gasteiger partial charge in [0.25, 0.3) is 0 Å². The Hall–Kier alpha value is -1.35. The van der Waals surface area contributed by atoms with E-state index in [1.165, 1.54) is 0 Å². The molecule has 5 heteroatoms. The largest absolute Gasteiger partial charge is 0.395 e. The Morgan fingerprint density at radius 2 is 2.48 bits per heavy atom. The van der Waals surface area contributed by atoms with Crippen LogP contribution in [0.3, 0.4) is 0 Å². The lowest BCUT2D eigenvalue weighted by Crippen LogP contribution is -2.34. The summed E-state index contributed by atoms with van der Waals surface area (Å²) < 4.78 is 5.56. The van der Waals surface area contributed by atoms with Gasteiger partial charge in [0.05, 0.1) is 25.2 Å². The van der Waals surface area contributed by atoms with Crippen LogP contribution in [-0.4, -0.2) is 30.3 Å². The van der Waals surface area contributed by atoms with E-state index in [4.69, 9.17) is 9.84 Å². The summed E-state index contributed by atoms with van der Waals surface area (Å²) in [5, 5.41) is 13.7. The monoisotopic (exact) mass is 307 g/mol. The smallest absolute Gasteiger partial charge is 0.226 e. The van der Waals surface area contributed by atoms with Crippen molar-refractivity contribution in [3.05, 3.63) is 21.9 Å². The number of nitrogens with one attached hydrogen (secondary N) is 1. The third-order valence-electron chi connectivity index (χ3n) is 3.58. The van der Waals surface area contributed by atoms with E-state index in [9.17, 15) is 4.79 Å². The van der Waals surface area contributed by atoms with Gasteiger partial charge in [0.1, 0.15) is 0 Å². The maximum atomic E-state index is 12.2. The van der Waals surface area contributed by atoms with E-state index in [0.717, 1.165) is 23.3 Å². The van der Waals surface area contributed by atoms with Crippen molar-refractivity contribution in [2.75, 3.05) is 13.2 Å². The quantitative estimate of drug-likeness (QED) is 0.817. The molecule has 2 unspecified atom stereocenters. The fraction of sp³-hybridized carbons (Fsp3) is 0.562. The van der Waals surface area contributed by atoms with Gasteiger partial charge >= 0.3 is 0 Å². The van der Waals surface area contributed by atoms with Gasteiger partial charge in [-0.25, -0.2) is 0 Å². The third-order valence-corrected chi connectivity index (χ3v) is 4.50. The highest BCUT2D eigenvalue weighted by Gasteiger charge is 2.32. The fourth-order valence-electron chi connectivity index (χ4n) is 2.45. The molecule has 2 atom stereocenters. The molecular formula is C16H21NO3S. The Balaban J connectivity index is 1.90. The first-order valence-electron chi connectivity index (χ1n) is 7.31. The first kappa shape index (κ1) is 16.0. The minimum Gasteiger partial charge on any atom is -0.395 e. The van der Waals surface area contributed by atoms with Crippen LogP contribution in [0.1, 0.15) is 36.6 Å². The molecule has 2 rings (SSSR count). The van der Waals surface area contributed by atoms with Gasteiger partial charge in [0.15, 0.2) is 0 Å². The number of aliphatic hydroxyl groups excluding tert-OH is 1. The van der Waals surface area contributed by atoms with Crippen molar-refractivity contribution >= 4 is 17.2 Å². The molecule has 1 aliphatic heterocycles. The van der Waals surface area contributed by atoms with Crippen LogP contribution in [0.5, 0.6) is 0 Å². The molecule has 0 saturated carbocycles. The van der Waals surface area contributed by atoms with E-state index in [2.05, 4.69) is 17.2 Å². The molecule has 1 fully saturated rings. The number of thiophene rings is 1. The Labute approximate surface area is 129 Å². The summed E-state index contributed by atoms with van der Waals surface area (Å²) in [5.74, 6) is 5.99. The van der Waals surface area contributed by atoms with Gasteiger partial charge in [-0.05, 0) is 24.3 Å². The molecule has 1 aromatic heterocycles. The van der Waals surface area contributed by atoms with Crippen molar-refractivity contribution in [2.24, 2.45) is 5.92 Å². The van der Waals surface area contributed by atoms with Crippen LogP contribution in [0.15, 0.2) is 11.4 Å². The lowest BCUT2D eigenvalue weighted by atomic mass is 9.99. The van der Waals surface area contributed by atoms with E-state index in [1.807, 2.05) is 18.4 Å². The molecule has 2 heterocycles. The first-order chi connectivity index (χ1) is 10.3. The van der Waals surface area contributed by atoms with Crippen molar-refractivity contribution in [1.29, 1.82) is 0 Å². The van der Waals surface area contributed by atoms with Crippen molar-refractivity contribution in [1.82, 2.24) is 5.32 Å². The number of ether oxygens (including phenoxy) is 1. The van der Waals surface area contributed by atoms with Gasteiger partial charge in [-0.2, -0.15) is 0 Å². The molecule has 0 aliphatic carbocycles. The van der Waals surface area contributed by atoms with Crippen LogP contribution in [-0.2, 0) is 16.1 Å². The van der Waals surface area contributed by atoms with Crippen LogP contribution < -0.4 is 5.32 Å². The molecule has 114 valence electrons. The summed E-state index contributed by atoms with van der Waals surface area (Å²) in [6.07, 6.45) is 2.20. The Bertz CT molecular complexity index is 529. The maximum absolute atomic E-state index is 12.2. The highest BCUT2D eigenvalue weighted by Crippen LogP contribution is 2.24. The molecule has 1 saturated heterocycles. The zero-order valence-electron chi connectivity index (χ0n) is 12.2. The number of carbonyl (C=O) groups is 1. The van der Waals surface area contributed by atoms with Crippen LogP contribution in [0.4, 0.5) is 0 Å². The average molecular weight is 307 g/mol. The van der Waals surface area contributed by atoms with Gasteiger partial charge in [-0.15, -0.1) is 11.3 Å². The maximum Gasteiger partial charge on any atom is 0.226 e. The molecular weight excluding hydrogens is 286 g/mol. The Morgan fingerprint density at radius 1 is 1.62 bits per heavy atom. The summed E-state index contributed by atoms with van der Waals surface area (Å²) in [4.78, 5) is 13.3. The van der Waals surface area contributed by atoms with Gasteiger partial charge < -0.3 is 15.2 Å². The van der Waals surface area contributed by atoms with Crippen LogP contribution in [0.2, 0.25) is 0 Å². The van der Waals surface area contributed by atoms with Gasteiger partial charge in [0, 0.05) is 23.5 Å². The molecule has 1 amide bonds. The molecule has 0 bridgehead atoms. The number of amides is 1. The second-order valence-corrected chi connectivity index (χ2v) is 5.96. The fourth-order valence-corrected chi connectivity index (χ4v) is 3.22. The summed E-state index contributed by atoms with van der Waals surface area (Å²) in [6, 6.07) is 1.95. The number of aliphatic hydroxyl groups is 1. The molecule has 21 heavy (non-hydrogen) atoms. The van der Waals surface area contributed by atoms with Crippen molar-refractivity contribution in [2.45, 2.75) is 38.8 Å². The van der Waals surface area contributed by atoms with Gasteiger partial charge in [0.2, 0.25) is 5.91 Å². The molecule has 2 N–H and O–H groups in total. The average Bonchev–Trinajstić information content (AvgIpc) is 3.13. The second-order valence-electron chi connectivity index (χ2n) is 4.96. The SMILES string of the molecule is CCC1OCCC1C(=O)NCc1sccc1C#CCCO. The van der Waals surface area contributed by atoms with E-state index < -0.39 is 0 Å². The highest BCUT2D eigenvalue weighted by atomic mass is 32.1. The Kier molecular flexibility index (Phi) is 6.24. The first-order valence-corrected chi connectivity index (χ1v) is 8.19. The zero-order valence-corrected chi connectivity index (χ0v) is 13.0. The summed E-state index contributed by atoms with van der Waals surface area (Å²) >= 11 is 1.59. The molecule has 0 spiro atoms. The highest BCUT2D eigenvalue weighted by molar-refractivity contribution is 7.10. The van der Waals surface area contributed by atoms with Crippen LogP contribution in [0, 0.1) is 17.8 Å². The molecule has 1 aliphatic rings. The molecule has 1 aromatic rings. The van der Waals surface area contributed by atoms with E-state index >= 15 is 0 Å².